The lowest BCUT2D eigenvalue weighted by molar-refractivity contribution is -0.130. The molecule has 8 heteroatoms. The summed E-state index contributed by atoms with van der Waals surface area (Å²) in [6.45, 7) is 5.38. The molecule has 0 radical (unpaired) electrons. The van der Waals surface area contributed by atoms with E-state index in [9.17, 15) is 14.4 Å². The van der Waals surface area contributed by atoms with E-state index in [2.05, 4.69) is 4.98 Å². The fourth-order valence-corrected chi connectivity index (χ4v) is 3.08. The highest BCUT2D eigenvalue weighted by Gasteiger charge is 2.29. The number of amides is 3. The second kappa shape index (κ2) is 9.18. The summed E-state index contributed by atoms with van der Waals surface area (Å²) in [4.78, 5) is 40.8. The maximum atomic E-state index is 12.6. The average Bonchev–Trinajstić information content (AvgIpc) is 2.61. The lowest BCUT2D eigenvalue weighted by Gasteiger charge is -2.20. The molecule has 27 heavy (non-hydrogen) atoms. The summed E-state index contributed by atoms with van der Waals surface area (Å²) in [7, 11) is 0. The number of nitrogens with one attached hydrogen (secondary N) is 1. The van der Waals surface area contributed by atoms with Crippen molar-refractivity contribution in [2.75, 3.05) is 0 Å². The third-order valence-electron chi connectivity index (χ3n) is 3.57. The van der Waals surface area contributed by atoms with Crippen LogP contribution in [0.2, 0.25) is 0 Å². The number of aryl methyl sites for hydroxylation is 1. The van der Waals surface area contributed by atoms with E-state index in [1.807, 2.05) is 36.5 Å². The van der Waals surface area contributed by atoms with Gasteiger partial charge in [-0.15, -0.1) is 0 Å². The number of ether oxygens (including phenoxy) is 1. The van der Waals surface area contributed by atoms with Gasteiger partial charge in [-0.3, -0.25) is 10.1 Å². The van der Waals surface area contributed by atoms with Crippen LogP contribution in [-0.2, 0) is 9.53 Å². The number of hydrogen-bond donors (Lipinski definition) is 2. The Morgan fingerprint density at radius 1 is 1.15 bits per heavy atom. The molecule has 0 unspecified atom stereocenters. The van der Waals surface area contributed by atoms with Crippen molar-refractivity contribution in [1.29, 1.82) is 0 Å². The molecule has 1 aromatic heterocycles. The van der Waals surface area contributed by atoms with Gasteiger partial charge in [0.1, 0.15) is 5.03 Å². The second-order valence-electron chi connectivity index (χ2n) is 6.19. The normalized spacial score (nSPS) is 11.7. The molecule has 0 aliphatic carbocycles. The Morgan fingerprint density at radius 3 is 2.41 bits per heavy atom. The number of esters is 1. The van der Waals surface area contributed by atoms with Crippen LogP contribution in [0.1, 0.15) is 29.8 Å². The summed E-state index contributed by atoms with van der Waals surface area (Å²) in [6, 6.07) is 9.98. The molecule has 7 nitrogen and oxygen atoms in total. The minimum absolute atomic E-state index is 0.237. The highest BCUT2D eigenvalue weighted by atomic mass is 32.2. The second-order valence-corrected chi connectivity index (χ2v) is 7.26. The van der Waals surface area contributed by atoms with E-state index < -0.39 is 24.0 Å². The maximum Gasteiger partial charge on any atom is 0.341 e. The van der Waals surface area contributed by atoms with E-state index in [0.717, 1.165) is 10.5 Å². The third kappa shape index (κ3) is 5.82. The Labute approximate surface area is 161 Å². The van der Waals surface area contributed by atoms with Crippen molar-refractivity contribution in [1.82, 2.24) is 10.3 Å². The summed E-state index contributed by atoms with van der Waals surface area (Å²) < 4.78 is 5.35. The molecule has 2 rings (SSSR count). The molecular weight excluding hydrogens is 366 g/mol. The Morgan fingerprint density at radius 2 is 1.81 bits per heavy atom. The van der Waals surface area contributed by atoms with Gasteiger partial charge in [-0.25, -0.2) is 14.6 Å². The van der Waals surface area contributed by atoms with Gasteiger partial charge in [-0.2, -0.15) is 0 Å². The van der Waals surface area contributed by atoms with Crippen molar-refractivity contribution in [2.45, 2.75) is 36.8 Å². The van der Waals surface area contributed by atoms with Crippen LogP contribution in [0, 0.1) is 12.8 Å². The van der Waals surface area contributed by atoms with E-state index >= 15 is 0 Å². The molecule has 0 spiro atoms. The molecule has 0 saturated carbocycles. The number of imide groups is 1. The van der Waals surface area contributed by atoms with Gasteiger partial charge in [-0.05, 0) is 37.1 Å². The van der Waals surface area contributed by atoms with Gasteiger partial charge in [0.15, 0.2) is 6.10 Å². The number of pyridine rings is 1. The topological polar surface area (TPSA) is 111 Å². The quantitative estimate of drug-likeness (QED) is 0.737. The summed E-state index contributed by atoms with van der Waals surface area (Å²) in [5, 5.41) is 2.40. The first kappa shape index (κ1) is 20.4. The molecule has 0 aliphatic rings. The number of rotatable bonds is 6. The van der Waals surface area contributed by atoms with Crippen LogP contribution in [0.15, 0.2) is 52.5 Å². The fraction of sp³-hybridized carbons (Fsp3) is 0.263. The first-order valence-electron chi connectivity index (χ1n) is 8.28. The third-order valence-corrected chi connectivity index (χ3v) is 4.60. The molecule has 0 aliphatic heterocycles. The molecule has 2 aromatic rings. The lowest BCUT2D eigenvalue weighted by Crippen LogP contribution is -2.45. The predicted octanol–water partition coefficient (Wildman–Crippen LogP) is 2.92. The van der Waals surface area contributed by atoms with Gasteiger partial charge in [0.2, 0.25) is 0 Å². The minimum atomic E-state index is -1.15. The van der Waals surface area contributed by atoms with Gasteiger partial charge < -0.3 is 10.5 Å². The Bertz CT molecular complexity index is 837. The van der Waals surface area contributed by atoms with E-state index in [0.29, 0.717) is 5.03 Å². The molecule has 3 amide bonds. The molecular formula is C19H21N3O4S. The first-order valence-corrected chi connectivity index (χ1v) is 9.10. The van der Waals surface area contributed by atoms with Gasteiger partial charge in [0.25, 0.3) is 5.91 Å². The van der Waals surface area contributed by atoms with Gasteiger partial charge in [-0.1, -0.05) is 43.3 Å². The monoisotopic (exact) mass is 387 g/mol. The van der Waals surface area contributed by atoms with Crippen molar-refractivity contribution in [3.63, 3.8) is 0 Å². The molecule has 0 saturated heterocycles. The van der Waals surface area contributed by atoms with Crippen LogP contribution in [0.5, 0.6) is 0 Å². The first-order chi connectivity index (χ1) is 12.8. The number of hydrogen-bond acceptors (Lipinski definition) is 6. The molecule has 142 valence electrons. The van der Waals surface area contributed by atoms with Crippen molar-refractivity contribution in [3.05, 3.63) is 53.7 Å². The van der Waals surface area contributed by atoms with Crippen molar-refractivity contribution >= 4 is 29.7 Å². The Hall–Kier alpha value is -2.87. The van der Waals surface area contributed by atoms with E-state index in [1.54, 1.807) is 32.2 Å². The predicted molar refractivity (Wildman–Crippen MR) is 101 cm³/mol. The van der Waals surface area contributed by atoms with Crippen LogP contribution in [-0.4, -0.2) is 29.0 Å². The average molecular weight is 387 g/mol. The highest BCUT2D eigenvalue weighted by Crippen LogP contribution is 2.29. The number of urea groups is 1. The maximum absolute atomic E-state index is 12.6. The van der Waals surface area contributed by atoms with Crippen LogP contribution < -0.4 is 11.1 Å². The summed E-state index contributed by atoms with van der Waals surface area (Å²) in [5.41, 5.74) is 6.33. The molecule has 0 bridgehead atoms. The van der Waals surface area contributed by atoms with E-state index in [-0.39, 0.29) is 11.5 Å². The number of carbonyl (C=O) groups is 3. The lowest BCUT2D eigenvalue weighted by atomic mass is 10.1. The van der Waals surface area contributed by atoms with Crippen molar-refractivity contribution in [3.8, 4) is 0 Å². The molecule has 1 heterocycles. The fourth-order valence-electron chi connectivity index (χ4n) is 2.21. The van der Waals surface area contributed by atoms with E-state index in [1.165, 1.54) is 11.8 Å². The minimum Gasteiger partial charge on any atom is -0.448 e. The SMILES string of the molecule is Cc1ccc(Sc2ncccc2C(=O)O[C@H](C(=O)NC(N)=O)C(C)C)cc1. The van der Waals surface area contributed by atoms with Gasteiger partial charge >= 0.3 is 12.0 Å². The molecule has 1 atom stereocenters. The largest absolute Gasteiger partial charge is 0.448 e. The Kier molecular flexibility index (Phi) is 6.95. The van der Waals surface area contributed by atoms with Crippen LogP contribution in [0.25, 0.3) is 0 Å². The molecule has 3 N–H and O–H groups in total. The number of nitrogens with zero attached hydrogens (tertiary/aromatic N) is 1. The Balaban J connectivity index is 2.21. The standard InChI is InChI=1S/C19H21N3O4S/c1-11(2)15(16(23)22-19(20)25)26-18(24)14-5-4-10-21-17(14)27-13-8-6-12(3)7-9-13/h4-11,15H,1-3H3,(H3,20,22,23,25)/t15-/m0/s1. The van der Waals surface area contributed by atoms with Gasteiger partial charge in [0, 0.05) is 11.1 Å². The number of carbonyl (C=O) groups excluding carboxylic acids is 3. The molecule has 1 aromatic carbocycles. The van der Waals surface area contributed by atoms with Crippen LogP contribution >= 0.6 is 11.8 Å². The van der Waals surface area contributed by atoms with Crippen LogP contribution in [0.4, 0.5) is 4.79 Å². The van der Waals surface area contributed by atoms with E-state index in [4.69, 9.17) is 10.5 Å². The zero-order valence-corrected chi connectivity index (χ0v) is 16.1. The zero-order chi connectivity index (χ0) is 20.0. The van der Waals surface area contributed by atoms with Crippen molar-refractivity contribution in [2.24, 2.45) is 11.7 Å². The number of nitrogens with two attached hydrogens (primary N) is 1. The number of primary amides is 1. The zero-order valence-electron chi connectivity index (χ0n) is 15.3. The summed E-state index contributed by atoms with van der Waals surface area (Å²) in [5.74, 6) is -1.81. The number of benzene rings is 1. The summed E-state index contributed by atoms with van der Waals surface area (Å²) >= 11 is 1.32. The smallest absolute Gasteiger partial charge is 0.341 e. The van der Waals surface area contributed by atoms with Gasteiger partial charge in [0.05, 0.1) is 5.56 Å². The van der Waals surface area contributed by atoms with Crippen molar-refractivity contribution < 1.29 is 19.1 Å². The molecule has 0 fully saturated rings. The summed E-state index contributed by atoms with van der Waals surface area (Å²) in [6.07, 6.45) is 0.426. The number of aromatic nitrogens is 1. The highest BCUT2D eigenvalue weighted by molar-refractivity contribution is 7.99. The van der Waals surface area contributed by atoms with Crippen LogP contribution in [0.3, 0.4) is 0 Å².